The first-order valence-corrected chi connectivity index (χ1v) is 38.1. The third-order valence-electron chi connectivity index (χ3n) is 18.1. The SMILES string of the molecule is C=CCC.C=CCc1cc(Cc2cc(C)c(Oc3cccc(P4(=O)Oc5ccccc5-c5ccccc54)c3)c(Cc3cc(C)c(Oc4cccc(P5(=O)Oc6ccccc6-c6ccccc65)c4)c(CC=C)c3)c2)cc(C)c1Oc1cccc(P2(=O)Oc3ccccc3-c3ccccc32)c1. The quantitative estimate of drug-likeness (QED) is 0.0613. The second kappa shape index (κ2) is 27.7. The minimum Gasteiger partial charge on any atom is -0.457 e. The van der Waals surface area contributed by atoms with E-state index < -0.39 is 22.1 Å². The molecule has 0 saturated heterocycles. The average molecular weight is 1360 g/mol. The first kappa shape index (κ1) is 65.6. The highest BCUT2D eigenvalue weighted by Crippen LogP contribution is 2.57. The largest absolute Gasteiger partial charge is 0.457 e. The van der Waals surface area contributed by atoms with Crippen LogP contribution in [0.2, 0.25) is 0 Å². The van der Waals surface area contributed by atoms with Crippen LogP contribution in [0.25, 0.3) is 33.4 Å². The van der Waals surface area contributed by atoms with Crippen molar-refractivity contribution in [2.24, 2.45) is 0 Å². The molecule has 3 heterocycles. The van der Waals surface area contributed by atoms with Crippen LogP contribution >= 0.6 is 22.1 Å². The van der Waals surface area contributed by atoms with Crippen molar-refractivity contribution in [2.45, 2.75) is 59.8 Å². The molecule has 0 saturated carbocycles. The number of fused-ring (bicyclic) bond motifs is 9. The first-order valence-electron chi connectivity index (χ1n) is 33.2. The molecule has 3 aliphatic heterocycles. The van der Waals surface area contributed by atoms with Crippen LogP contribution in [0, 0.1) is 20.8 Å². The number of hydrogen-bond donors (Lipinski definition) is 0. The molecule has 3 atom stereocenters. The van der Waals surface area contributed by atoms with E-state index in [1.54, 1.807) is 0 Å². The smallest absolute Gasteiger partial charge is 0.307 e. The number of para-hydroxylation sites is 3. The van der Waals surface area contributed by atoms with Crippen molar-refractivity contribution < 1.29 is 41.5 Å². The highest BCUT2D eigenvalue weighted by Gasteiger charge is 2.41. The monoisotopic (exact) mass is 1350 g/mol. The molecule has 0 aromatic heterocycles. The highest BCUT2D eigenvalue weighted by atomic mass is 31.2. The van der Waals surface area contributed by atoms with Crippen LogP contribution in [0.5, 0.6) is 51.7 Å². The first-order chi connectivity index (χ1) is 48.2. The van der Waals surface area contributed by atoms with Crippen molar-refractivity contribution >= 4 is 53.9 Å². The van der Waals surface area contributed by atoms with E-state index in [9.17, 15) is 0 Å². The van der Waals surface area contributed by atoms with Crippen LogP contribution in [0.1, 0.15) is 63.4 Å². The Morgan fingerprint density at radius 3 is 0.960 bits per heavy atom. The van der Waals surface area contributed by atoms with Gasteiger partial charge >= 0.3 is 22.1 Å². The molecule has 3 unspecified atom stereocenters. The standard InChI is InChI=1S/C83H65O9P3.C4H8/c1-6-23-60-47-57(43-54(3)81(60)87-63-25-20-28-66(51-63)93(84)78-40-17-11-34-72(78)69-31-8-14-37-75(69)90-93)46-58-44-56(5)83(89-65-27-22-30-68(53-65)95(86)80-42-19-13-36-74(80)71-33-10-16-39-77(71)92-95)62(49-58)50-59-45-55(4)82(61(48-59)24-7-2)88-64-26-21-29-67(52-64)94(85)79-41-18-12-35-73(79)70-32-9-15-38-76(70)91-94;1-3-4-2/h6-22,25-45,47-49,51-53H,1-2,23-24,46,50H2,3-5H3;3H,1,4H2,2H3. The van der Waals surface area contributed by atoms with Crippen LogP contribution in [-0.4, -0.2) is 0 Å². The fraction of sp³-hybridized carbons (Fsp3) is 0.103. The normalized spacial score (nSPS) is 16.5. The molecule has 0 spiro atoms. The molecule has 0 aliphatic carbocycles. The van der Waals surface area contributed by atoms with Crippen LogP contribution in [-0.2, 0) is 39.4 Å². The minimum atomic E-state index is -3.65. The van der Waals surface area contributed by atoms with Gasteiger partial charge in [-0.25, -0.2) is 0 Å². The summed E-state index contributed by atoms with van der Waals surface area (Å²) in [6, 6.07) is 81.7. The maximum atomic E-state index is 15.5. The van der Waals surface area contributed by atoms with Gasteiger partial charge in [-0.3, -0.25) is 13.7 Å². The summed E-state index contributed by atoms with van der Waals surface area (Å²) in [6.45, 7) is 20.0. The molecule has 3 aliphatic rings. The van der Waals surface area contributed by atoms with Crippen LogP contribution < -0.4 is 59.6 Å². The zero-order chi connectivity index (χ0) is 68.4. The Hall–Kier alpha value is -10.7. The van der Waals surface area contributed by atoms with E-state index in [1.807, 2.05) is 244 Å². The molecular formula is C87H73O9P3. The number of allylic oxidation sites excluding steroid dienone is 3. The molecule has 99 heavy (non-hydrogen) atoms. The summed E-state index contributed by atoms with van der Waals surface area (Å²) in [4.78, 5) is 0. The Labute approximate surface area is 579 Å². The predicted octanol–water partition coefficient (Wildman–Crippen LogP) is 21.1. The van der Waals surface area contributed by atoms with Gasteiger partial charge < -0.3 is 27.8 Å². The Morgan fingerprint density at radius 2 is 0.626 bits per heavy atom. The molecule has 12 heteroatoms. The van der Waals surface area contributed by atoms with Gasteiger partial charge in [0.05, 0.1) is 31.8 Å². The third-order valence-corrected chi connectivity index (χ3v) is 25.4. The lowest BCUT2D eigenvalue weighted by Crippen LogP contribution is -2.25. The number of ether oxygens (including phenoxy) is 3. The predicted molar refractivity (Wildman–Crippen MR) is 405 cm³/mol. The van der Waals surface area contributed by atoms with Gasteiger partial charge in [0.25, 0.3) is 0 Å². The van der Waals surface area contributed by atoms with Crippen molar-refractivity contribution in [3.8, 4) is 85.1 Å². The summed E-state index contributed by atoms with van der Waals surface area (Å²) in [5.74, 6) is 5.35. The van der Waals surface area contributed by atoms with E-state index in [-0.39, 0.29) is 0 Å². The van der Waals surface area contributed by atoms with Gasteiger partial charge in [0.15, 0.2) is 0 Å². The molecule has 15 rings (SSSR count). The van der Waals surface area contributed by atoms with Crippen LogP contribution in [0.3, 0.4) is 0 Å². The average Bonchev–Trinajstić information content (AvgIpc) is 0.749. The van der Waals surface area contributed by atoms with E-state index >= 15 is 13.7 Å². The van der Waals surface area contributed by atoms with E-state index in [0.717, 1.165) is 89.9 Å². The summed E-state index contributed by atoms with van der Waals surface area (Å²) in [6.07, 6.45) is 8.82. The van der Waals surface area contributed by atoms with E-state index in [0.29, 0.717) is 109 Å². The van der Waals surface area contributed by atoms with Crippen molar-refractivity contribution in [1.82, 2.24) is 0 Å². The zero-order valence-electron chi connectivity index (χ0n) is 55.7. The number of rotatable bonds is 18. The Bertz CT molecular complexity index is 5340. The number of hydrogen-bond acceptors (Lipinski definition) is 9. The van der Waals surface area contributed by atoms with Gasteiger partial charge in [0, 0.05) is 23.1 Å². The molecule has 0 bridgehead atoms. The van der Waals surface area contributed by atoms with Gasteiger partial charge in [0.1, 0.15) is 51.7 Å². The molecule has 0 radical (unpaired) electrons. The lowest BCUT2D eigenvalue weighted by Gasteiger charge is -2.29. The maximum absolute atomic E-state index is 15.5. The van der Waals surface area contributed by atoms with E-state index in [1.165, 1.54) is 0 Å². The second-order valence-electron chi connectivity index (χ2n) is 25.0. The lowest BCUT2D eigenvalue weighted by molar-refractivity contribution is 0.471. The van der Waals surface area contributed by atoms with Gasteiger partial charge in [-0.05, 0) is 204 Å². The van der Waals surface area contributed by atoms with Crippen molar-refractivity contribution in [3.05, 3.63) is 343 Å². The Kier molecular flexibility index (Phi) is 18.4. The number of aryl methyl sites for hydroxylation is 3. The van der Waals surface area contributed by atoms with Crippen molar-refractivity contribution in [1.29, 1.82) is 0 Å². The zero-order valence-corrected chi connectivity index (χ0v) is 58.3. The Balaban J connectivity index is 0.00000204. The highest BCUT2D eigenvalue weighted by molar-refractivity contribution is 7.76. The van der Waals surface area contributed by atoms with Gasteiger partial charge in [-0.1, -0.05) is 189 Å². The van der Waals surface area contributed by atoms with Gasteiger partial charge in [-0.2, -0.15) is 0 Å². The van der Waals surface area contributed by atoms with Crippen molar-refractivity contribution in [2.75, 3.05) is 0 Å². The molecular weight excluding hydrogens is 1280 g/mol. The van der Waals surface area contributed by atoms with Crippen LogP contribution in [0.15, 0.2) is 293 Å². The molecule has 12 aromatic rings. The van der Waals surface area contributed by atoms with Gasteiger partial charge in [-0.15, -0.1) is 19.7 Å². The Morgan fingerprint density at radius 1 is 0.333 bits per heavy atom. The maximum Gasteiger partial charge on any atom is 0.307 e. The molecule has 0 amide bonds. The third kappa shape index (κ3) is 12.8. The molecule has 490 valence electrons. The summed E-state index contributed by atoms with van der Waals surface area (Å²) < 4.78 is 86.2. The fourth-order valence-electron chi connectivity index (χ4n) is 13.6. The molecule has 0 N–H and O–H groups in total. The van der Waals surface area contributed by atoms with E-state index in [2.05, 4.69) is 76.9 Å². The molecule has 0 fully saturated rings. The summed E-state index contributed by atoms with van der Waals surface area (Å²) in [5, 5.41) is 3.51. The summed E-state index contributed by atoms with van der Waals surface area (Å²) in [5.41, 5.74) is 14.1. The second-order valence-corrected chi connectivity index (χ2v) is 31.9. The topological polar surface area (TPSA) is 107 Å². The van der Waals surface area contributed by atoms with E-state index in [4.69, 9.17) is 27.8 Å². The summed E-state index contributed by atoms with van der Waals surface area (Å²) in [7, 11) is -10.8. The molecule has 12 aromatic carbocycles. The molecule has 9 nitrogen and oxygen atoms in total. The minimum absolute atomic E-state index is 0.472. The van der Waals surface area contributed by atoms with Gasteiger partial charge in [0.2, 0.25) is 0 Å². The lowest BCUT2D eigenvalue weighted by atomic mass is 9.92. The fourth-order valence-corrected chi connectivity index (χ4v) is 20.5. The van der Waals surface area contributed by atoms with Crippen molar-refractivity contribution in [3.63, 3.8) is 0 Å². The number of benzene rings is 12. The summed E-state index contributed by atoms with van der Waals surface area (Å²) >= 11 is 0. The van der Waals surface area contributed by atoms with Crippen LogP contribution in [0.4, 0.5) is 0 Å².